The van der Waals surface area contributed by atoms with Crippen molar-refractivity contribution in [1.82, 2.24) is 4.31 Å². The van der Waals surface area contributed by atoms with Crippen LogP contribution in [0.15, 0.2) is 47.4 Å². The fraction of sp³-hybridized carbons (Fsp3) is 0.381. The predicted molar refractivity (Wildman–Crippen MR) is 105 cm³/mol. The molecular weight excluding hydrogens is 360 g/mol. The maximum Gasteiger partial charge on any atom is 0.243 e. The Kier molecular flexibility index (Phi) is 4.78. The Morgan fingerprint density at radius 1 is 1.04 bits per heavy atom. The summed E-state index contributed by atoms with van der Waals surface area (Å²) in [5.74, 6) is 0.151. The minimum absolute atomic E-state index is 0.151. The zero-order valence-corrected chi connectivity index (χ0v) is 16.3. The standard InChI is InChI=1S/C21H24N2O3S/c1-2-22(15-16-7-4-3-5-8-16)27(25,26)19-13-17-9-6-12-23-20(24)11-10-18(14-19)21(17)23/h3-5,7-8,13-14H,2,6,9-12,15H2,1H3. The summed E-state index contributed by atoms with van der Waals surface area (Å²) in [7, 11) is -3.59. The van der Waals surface area contributed by atoms with Crippen molar-refractivity contribution in [2.24, 2.45) is 0 Å². The third-order valence-electron chi connectivity index (χ3n) is 5.44. The largest absolute Gasteiger partial charge is 0.312 e. The number of carbonyl (C=O) groups is 1. The van der Waals surface area contributed by atoms with Crippen LogP contribution in [0.4, 0.5) is 5.69 Å². The first-order valence-electron chi connectivity index (χ1n) is 9.51. The van der Waals surface area contributed by atoms with Crippen LogP contribution in [0.3, 0.4) is 0 Å². The Hall–Kier alpha value is -2.18. The molecule has 0 bridgehead atoms. The van der Waals surface area contributed by atoms with E-state index >= 15 is 0 Å². The van der Waals surface area contributed by atoms with E-state index in [1.807, 2.05) is 42.2 Å². The fourth-order valence-electron chi connectivity index (χ4n) is 4.07. The number of amides is 1. The first-order valence-corrected chi connectivity index (χ1v) is 10.9. The molecule has 0 spiro atoms. The molecule has 4 rings (SSSR count). The predicted octanol–water partition coefficient (Wildman–Crippen LogP) is 3.12. The minimum atomic E-state index is -3.59. The first-order chi connectivity index (χ1) is 13.0. The van der Waals surface area contributed by atoms with Gasteiger partial charge in [0.05, 0.1) is 10.6 Å². The Morgan fingerprint density at radius 2 is 1.74 bits per heavy atom. The number of rotatable bonds is 5. The van der Waals surface area contributed by atoms with Gasteiger partial charge in [-0.3, -0.25) is 4.79 Å². The molecule has 0 saturated carbocycles. The van der Waals surface area contributed by atoms with Gasteiger partial charge in [0.15, 0.2) is 0 Å². The van der Waals surface area contributed by atoms with Crippen molar-refractivity contribution in [3.05, 3.63) is 59.2 Å². The number of benzene rings is 2. The molecule has 2 aromatic rings. The first kappa shape index (κ1) is 18.2. The fourth-order valence-corrected chi connectivity index (χ4v) is 5.61. The van der Waals surface area contributed by atoms with Gasteiger partial charge in [-0.2, -0.15) is 4.31 Å². The molecule has 2 aromatic carbocycles. The van der Waals surface area contributed by atoms with Gasteiger partial charge in [-0.25, -0.2) is 8.42 Å². The van der Waals surface area contributed by atoms with Gasteiger partial charge in [0, 0.05) is 26.1 Å². The normalized spacial score (nSPS) is 16.5. The number of nitrogens with zero attached hydrogens (tertiary/aromatic N) is 2. The molecule has 6 heteroatoms. The van der Waals surface area contributed by atoms with Gasteiger partial charge < -0.3 is 4.90 Å². The molecule has 0 atom stereocenters. The molecule has 0 unspecified atom stereocenters. The molecule has 5 nitrogen and oxygen atoms in total. The van der Waals surface area contributed by atoms with Gasteiger partial charge >= 0.3 is 0 Å². The smallest absolute Gasteiger partial charge is 0.243 e. The summed E-state index contributed by atoms with van der Waals surface area (Å²) in [6.07, 6.45) is 2.77. The van der Waals surface area contributed by atoms with Crippen LogP contribution in [0.5, 0.6) is 0 Å². The molecule has 2 aliphatic heterocycles. The van der Waals surface area contributed by atoms with Gasteiger partial charge in [0.25, 0.3) is 0 Å². The topological polar surface area (TPSA) is 57.7 Å². The van der Waals surface area contributed by atoms with Gasteiger partial charge in [-0.1, -0.05) is 37.3 Å². The molecule has 2 heterocycles. The van der Waals surface area contributed by atoms with Crippen LogP contribution >= 0.6 is 0 Å². The summed E-state index contributed by atoms with van der Waals surface area (Å²) < 4.78 is 28.2. The Balaban J connectivity index is 1.73. The van der Waals surface area contributed by atoms with Crippen LogP contribution in [0.2, 0.25) is 0 Å². The highest BCUT2D eigenvalue weighted by Crippen LogP contribution is 2.38. The van der Waals surface area contributed by atoms with Crippen LogP contribution < -0.4 is 4.90 Å². The monoisotopic (exact) mass is 384 g/mol. The van der Waals surface area contributed by atoms with Crippen LogP contribution in [-0.4, -0.2) is 31.7 Å². The maximum absolute atomic E-state index is 13.3. The maximum atomic E-state index is 13.3. The average molecular weight is 385 g/mol. The molecule has 0 N–H and O–H groups in total. The van der Waals surface area contributed by atoms with E-state index in [2.05, 4.69) is 0 Å². The Labute approximate surface area is 160 Å². The second-order valence-electron chi connectivity index (χ2n) is 7.16. The van der Waals surface area contributed by atoms with E-state index in [4.69, 9.17) is 0 Å². The van der Waals surface area contributed by atoms with Crippen molar-refractivity contribution in [2.45, 2.75) is 44.0 Å². The summed E-state index contributed by atoms with van der Waals surface area (Å²) in [6.45, 7) is 3.37. The molecule has 0 radical (unpaired) electrons. The lowest BCUT2D eigenvalue weighted by Gasteiger charge is -2.35. The minimum Gasteiger partial charge on any atom is -0.312 e. The number of anilines is 1. The van der Waals surface area contributed by atoms with E-state index in [9.17, 15) is 13.2 Å². The van der Waals surface area contributed by atoms with Crippen LogP contribution in [-0.2, 0) is 34.2 Å². The summed E-state index contributed by atoms with van der Waals surface area (Å²) in [6, 6.07) is 13.2. The number of hydrogen-bond donors (Lipinski definition) is 0. The SMILES string of the molecule is CCN(Cc1ccccc1)S(=O)(=O)c1cc2c3c(c1)CCC(=O)N3CCC2. The lowest BCUT2D eigenvalue weighted by molar-refractivity contribution is -0.119. The summed E-state index contributed by atoms with van der Waals surface area (Å²) in [5, 5.41) is 0. The van der Waals surface area contributed by atoms with Gasteiger partial charge in [-0.05, 0) is 48.1 Å². The van der Waals surface area contributed by atoms with E-state index in [1.165, 1.54) is 4.31 Å². The van der Waals surface area contributed by atoms with Crippen molar-refractivity contribution >= 4 is 21.6 Å². The van der Waals surface area contributed by atoms with E-state index in [1.54, 1.807) is 12.1 Å². The molecule has 142 valence electrons. The summed E-state index contributed by atoms with van der Waals surface area (Å²) in [4.78, 5) is 14.4. The number of sulfonamides is 1. The average Bonchev–Trinajstić information content (AvgIpc) is 2.69. The number of carbonyl (C=O) groups excluding carboxylic acids is 1. The van der Waals surface area contributed by atoms with E-state index in [0.717, 1.165) is 41.8 Å². The van der Waals surface area contributed by atoms with Crippen molar-refractivity contribution < 1.29 is 13.2 Å². The Morgan fingerprint density at radius 3 is 2.44 bits per heavy atom. The van der Waals surface area contributed by atoms with Crippen molar-refractivity contribution in [3.8, 4) is 0 Å². The molecular formula is C21H24N2O3S. The van der Waals surface area contributed by atoms with E-state index < -0.39 is 10.0 Å². The molecule has 0 aromatic heterocycles. The number of hydrogen-bond acceptors (Lipinski definition) is 3. The highest BCUT2D eigenvalue weighted by Gasteiger charge is 2.32. The summed E-state index contributed by atoms with van der Waals surface area (Å²) in [5.41, 5.74) is 3.91. The van der Waals surface area contributed by atoms with Crippen molar-refractivity contribution in [2.75, 3.05) is 18.0 Å². The molecule has 0 fully saturated rings. The molecule has 1 amide bonds. The Bertz CT molecular complexity index is 953. The molecule has 27 heavy (non-hydrogen) atoms. The summed E-state index contributed by atoms with van der Waals surface area (Å²) >= 11 is 0. The quantitative estimate of drug-likeness (QED) is 0.796. The third kappa shape index (κ3) is 3.28. The van der Waals surface area contributed by atoms with Gasteiger partial charge in [0.2, 0.25) is 15.9 Å². The highest BCUT2D eigenvalue weighted by molar-refractivity contribution is 7.89. The van der Waals surface area contributed by atoms with Crippen LogP contribution in [0.25, 0.3) is 0 Å². The van der Waals surface area contributed by atoms with Gasteiger partial charge in [0.1, 0.15) is 0 Å². The van der Waals surface area contributed by atoms with Gasteiger partial charge in [-0.15, -0.1) is 0 Å². The lowest BCUT2D eigenvalue weighted by Crippen LogP contribution is -2.39. The number of aryl methyl sites for hydroxylation is 2. The second-order valence-corrected chi connectivity index (χ2v) is 9.09. The zero-order chi connectivity index (χ0) is 19.0. The highest BCUT2D eigenvalue weighted by atomic mass is 32.2. The van der Waals surface area contributed by atoms with Crippen LogP contribution in [0, 0.1) is 0 Å². The molecule has 0 saturated heterocycles. The zero-order valence-electron chi connectivity index (χ0n) is 15.5. The van der Waals surface area contributed by atoms with E-state index in [0.29, 0.717) is 30.8 Å². The van der Waals surface area contributed by atoms with Crippen molar-refractivity contribution in [3.63, 3.8) is 0 Å². The van der Waals surface area contributed by atoms with E-state index in [-0.39, 0.29) is 5.91 Å². The third-order valence-corrected chi connectivity index (χ3v) is 7.34. The lowest BCUT2D eigenvalue weighted by atomic mass is 9.92. The molecule has 2 aliphatic rings. The second kappa shape index (κ2) is 7.09. The molecule has 0 aliphatic carbocycles. The van der Waals surface area contributed by atoms with Crippen molar-refractivity contribution in [1.29, 1.82) is 0 Å². The van der Waals surface area contributed by atoms with Crippen LogP contribution in [0.1, 0.15) is 36.5 Å².